The number of fused-ring (bicyclic) bond motifs is 3. The molecule has 7 nitrogen and oxygen atoms in total. The van der Waals surface area contributed by atoms with Gasteiger partial charge in [0.2, 0.25) is 0 Å². The van der Waals surface area contributed by atoms with Gasteiger partial charge in [0.15, 0.2) is 5.95 Å². The summed E-state index contributed by atoms with van der Waals surface area (Å²) in [5.74, 6) is 0.101. The highest BCUT2D eigenvalue weighted by molar-refractivity contribution is 6.12. The van der Waals surface area contributed by atoms with E-state index < -0.39 is 0 Å². The zero-order chi connectivity index (χ0) is 26.1. The number of benzene rings is 3. The molecule has 0 atom stereocenters. The van der Waals surface area contributed by atoms with E-state index in [1.54, 1.807) is 29.2 Å². The summed E-state index contributed by atoms with van der Waals surface area (Å²) in [5.41, 5.74) is 13.2. The van der Waals surface area contributed by atoms with Gasteiger partial charge in [0.25, 0.3) is 11.8 Å². The minimum atomic E-state index is -0.159. The normalized spacial score (nSPS) is 14.5. The van der Waals surface area contributed by atoms with E-state index in [4.69, 9.17) is 5.73 Å². The fraction of sp³-hybridized carbons (Fsp3) is 0.129. The number of aromatic amines is 1. The molecular formula is C31H27N5O2. The number of allylic oxidation sites excluding steroid dienone is 2. The Hall–Kier alpha value is -4.91. The second-order valence-electron chi connectivity index (χ2n) is 9.40. The number of hydrogen-bond donors (Lipinski definition) is 3. The highest BCUT2D eigenvalue weighted by Gasteiger charge is 2.27. The predicted molar refractivity (Wildman–Crippen MR) is 151 cm³/mol. The van der Waals surface area contributed by atoms with Crippen LogP contribution in [-0.4, -0.2) is 28.3 Å². The number of para-hydroxylation sites is 1. The van der Waals surface area contributed by atoms with Crippen molar-refractivity contribution in [1.29, 1.82) is 0 Å². The minimum absolute atomic E-state index is 0.113. The van der Waals surface area contributed by atoms with Crippen molar-refractivity contribution in [3.05, 3.63) is 113 Å². The molecule has 3 aromatic carbocycles. The number of amides is 2. The van der Waals surface area contributed by atoms with Gasteiger partial charge in [0.05, 0.1) is 11.4 Å². The Bertz CT molecular complexity index is 1580. The van der Waals surface area contributed by atoms with E-state index >= 15 is 0 Å². The van der Waals surface area contributed by atoms with E-state index in [1.165, 1.54) is 0 Å². The average molecular weight is 502 g/mol. The van der Waals surface area contributed by atoms with Gasteiger partial charge in [-0.25, -0.2) is 4.98 Å². The Morgan fingerprint density at radius 2 is 1.68 bits per heavy atom. The van der Waals surface area contributed by atoms with Gasteiger partial charge in [0.1, 0.15) is 0 Å². The van der Waals surface area contributed by atoms with Crippen molar-refractivity contribution in [2.24, 2.45) is 0 Å². The number of H-pyrrole nitrogens is 1. The summed E-state index contributed by atoms with van der Waals surface area (Å²) in [5, 5.41) is 3.00. The summed E-state index contributed by atoms with van der Waals surface area (Å²) >= 11 is 0. The third-order valence-corrected chi connectivity index (χ3v) is 7.00. The molecule has 0 fully saturated rings. The van der Waals surface area contributed by atoms with Crippen LogP contribution in [-0.2, 0) is 11.2 Å². The number of imidazole rings is 1. The number of nitrogens with two attached hydrogens (primary N) is 1. The molecule has 7 heteroatoms. The number of rotatable bonds is 4. The van der Waals surface area contributed by atoms with Crippen LogP contribution in [0.25, 0.3) is 16.8 Å². The Morgan fingerprint density at radius 1 is 0.921 bits per heavy atom. The van der Waals surface area contributed by atoms with Crippen molar-refractivity contribution >= 4 is 34.7 Å². The van der Waals surface area contributed by atoms with Gasteiger partial charge >= 0.3 is 0 Å². The number of aromatic nitrogens is 2. The van der Waals surface area contributed by atoms with Crippen LogP contribution >= 0.6 is 0 Å². The molecule has 1 aliphatic carbocycles. The number of nitrogen functional groups attached to an aromatic ring is 1. The van der Waals surface area contributed by atoms with Crippen LogP contribution in [0.2, 0.25) is 0 Å². The molecule has 0 saturated heterocycles. The molecule has 2 amide bonds. The summed E-state index contributed by atoms with van der Waals surface area (Å²) in [6, 6.07) is 24.8. The quantitative estimate of drug-likeness (QED) is 0.338. The maximum Gasteiger partial charge on any atom is 0.258 e. The van der Waals surface area contributed by atoms with Gasteiger partial charge in [-0.15, -0.1) is 0 Å². The van der Waals surface area contributed by atoms with Crippen LogP contribution in [0.5, 0.6) is 0 Å². The zero-order valence-corrected chi connectivity index (χ0v) is 20.8. The molecule has 1 aliphatic heterocycles. The largest absolute Gasteiger partial charge is 0.369 e. The van der Waals surface area contributed by atoms with Crippen LogP contribution in [0.3, 0.4) is 0 Å². The van der Waals surface area contributed by atoms with E-state index in [1.807, 2.05) is 66.7 Å². The molecule has 2 heterocycles. The van der Waals surface area contributed by atoms with Crippen molar-refractivity contribution < 1.29 is 9.59 Å². The molecule has 6 rings (SSSR count). The monoisotopic (exact) mass is 501 g/mol. The number of carbonyl (C=O) groups is 2. The molecule has 0 radical (unpaired) electrons. The molecule has 188 valence electrons. The van der Waals surface area contributed by atoms with E-state index in [9.17, 15) is 9.59 Å². The lowest BCUT2D eigenvalue weighted by atomic mass is 9.91. The Labute approximate surface area is 220 Å². The van der Waals surface area contributed by atoms with Gasteiger partial charge in [0, 0.05) is 41.0 Å². The van der Waals surface area contributed by atoms with Crippen molar-refractivity contribution in [1.82, 2.24) is 9.97 Å². The summed E-state index contributed by atoms with van der Waals surface area (Å²) in [4.78, 5) is 36.1. The maximum absolute atomic E-state index is 13.6. The summed E-state index contributed by atoms with van der Waals surface area (Å²) in [7, 11) is 0. The SMILES string of the molecule is Nc1nc2c([nH]1)CCN(C(=O)c1ccc(NC(=O)C3=C(c4ccccc4)CCC=C3)cc1)c1ccccc1-2. The third kappa shape index (κ3) is 4.39. The first-order chi connectivity index (χ1) is 18.6. The first-order valence-corrected chi connectivity index (χ1v) is 12.7. The van der Waals surface area contributed by atoms with Crippen LogP contribution < -0.4 is 16.0 Å². The number of carbonyl (C=O) groups excluding carboxylic acids is 2. The minimum Gasteiger partial charge on any atom is -0.369 e. The highest BCUT2D eigenvalue weighted by Crippen LogP contribution is 2.36. The van der Waals surface area contributed by atoms with Crippen molar-refractivity contribution in [3.63, 3.8) is 0 Å². The lowest BCUT2D eigenvalue weighted by Gasteiger charge is -2.23. The van der Waals surface area contributed by atoms with E-state index in [0.29, 0.717) is 35.7 Å². The maximum atomic E-state index is 13.6. The van der Waals surface area contributed by atoms with Crippen LogP contribution in [0.4, 0.5) is 17.3 Å². The summed E-state index contributed by atoms with van der Waals surface area (Å²) in [6.07, 6.45) is 6.27. The number of nitrogens with zero attached hydrogens (tertiary/aromatic N) is 2. The molecular weight excluding hydrogens is 474 g/mol. The van der Waals surface area contributed by atoms with Crippen molar-refractivity contribution in [2.75, 3.05) is 22.5 Å². The van der Waals surface area contributed by atoms with E-state index in [0.717, 1.165) is 46.6 Å². The Balaban J connectivity index is 1.23. The highest BCUT2D eigenvalue weighted by atomic mass is 16.2. The number of hydrogen-bond acceptors (Lipinski definition) is 4. The third-order valence-electron chi connectivity index (χ3n) is 7.00. The standard InChI is InChI=1S/C31H27N5O2/c32-31-34-26-18-19-36(27-13-7-6-12-25(27)28(26)35-31)30(38)21-14-16-22(17-15-21)33-29(37)24-11-5-4-10-23(24)20-8-2-1-3-9-20/h1-3,5-9,11-17H,4,10,18-19H2,(H,33,37)(H3,32,34,35). The van der Waals surface area contributed by atoms with E-state index in [-0.39, 0.29) is 11.8 Å². The van der Waals surface area contributed by atoms with Crippen molar-refractivity contribution in [2.45, 2.75) is 19.3 Å². The van der Waals surface area contributed by atoms with Gasteiger partial charge in [-0.1, -0.05) is 60.7 Å². The summed E-state index contributed by atoms with van der Waals surface area (Å²) < 4.78 is 0. The van der Waals surface area contributed by atoms with Crippen LogP contribution in [0.15, 0.2) is 96.6 Å². The average Bonchev–Trinajstić information content (AvgIpc) is 3.27. The van der Waals surface area contributed by atoms with Crippen molar-refractivity contribution in [3.8, 4) is 11.3 Å². The van der Waals surface area contributed by atoms with Gasteiger partial charge in [-0.05, 0) is 54.3 Å². The lowest BCUT2D eigenvalue weighted by molar-refractivity contribution is -0.112. The second-order valence-corrected chi connectivity index (χ2v) is 9.40. The zero-order valence-electron chi connectivity index (χ0n) is 20.8. The summed E-state index contributed by atoms with van der Waals surface area (Å²) in [6.45, 7) is 0.492. The van der Waals surface area contributed by atoms with E-state index in [2.05, 4.69) is 15.3 Å². The molecule has 0 bridgehead atoms. The molecule has 1 aromatic heterocycles. The first kappa shape index (κ1) is 23.5. The van der Waals surface area contributed by atoms with Gasteiger partial charge in [-0.3, -0.25) is 9.59 Å². The molecule has 0 saturated carbocycles. The smallest absolute Gasteiger partial charge is 0.258 e. The Kier molecular flexibility index (Phi) is 6.09. The molecule has 4 aromatic rings. The van der Waals surface area contributed by atoms with Crippen LogP contribution in [0.1, 0.15) is 34.5 Å². The predicted octanol–water partition coefficient (Wildman–Crippen LogP) is 5.60. The van der Waals surface area contributed by atoms with Gasteiger partial charge in [-0.2, -0.15) is 0 Å². The molecule has 38 heavy (non-hydrogen) atoms. The molecule has 0 unspecified atom stereocenters. The molecule has 0 spiro atoms. The van der Waals surface area contributed by atoms with Gasteiger partial charge < -0.3 is 20.9 Å². The number of anilines is 3. The number of nitrogens with one attached hydrogen (secondary N) is 2. The van der Waals surface area contributed by atoms with Crippen LogP contribution in [0, 0.1) is 0 Å². The Morgan fingerprint density at radius 3 is 2.50 bits per heavy atom. The molecule has 2 aliphatic rings. The lowest BCUT2D eigenvalue weighted by Crippen LogP contribution is -2.32. The first-order valence-electron chi connectivity index (χ1n) is 12.7. The molecule has 4 N–H and O–H groups in total. The topological polar surface area (TPSA) is 104 Å². The fourth-order valence-electron chi connectivity index (χ4n) is 5.16. The fourth-order valence-corrected chi connectivity index (χ4v) is 5.16. The second kappa shape index (κ2) is 9.86.